The topological polar surface area (TPSA) is 23.8 Å². The number of rotatable bonds is 4. The molecule has 1 radical (unpaired) electrons. The number of hydrogen-bond donors (Lipinski definition) is 0. The lowest BCUT2D eigenvalue weighted by molar-refractivity contribution is 0.627. The predicted octanol–water partition coefficient (Wildman–Crippen LogP) is 3.88. The monoisotopic (exact) mass is 238 g/mol. The Morgan fingerprint density at radius 1 is 1.00 bits per heavy atom. The quantitative estimate of drug-likeness (QED) is 0.792. The molecule has 0 aliphatic carbocycles. The maximum atomic E-state index is 12.7. The number of hydrogen-bond acceptors (Lipinski definition) is 1. The van der Waals surface area contributed by atoms with Crippen LogP contribution in [0.25, 0.3) is 0 Å². The molecule has 1 nitrogen and oxygen atoms in total. The van der Waals surface area contributed by atoms with Crippen LogP contribution in [0.2, 0.25) is 0 Å². The summed E-state index contributed by atoms with van der Waals surface area (Å²) in [5.41, 5.74) is 2.91. The molecule has 0 atom stereocenters. The molecule has 0 bridgehead atoms. The first-order valence-electron chi connectivity index (χ1n) is 5.86. The number of nitrogens with zero attached hydrogens (tertiary/aromatic N) is 1. The summed E-state index contributed by atoms with van der Waals surface area (Å²) in [6, 6.07) is 16.2. The van der Waals surface area contributed by atoms with Crippen molar-refractivity contribution in [3.8, 4) is 6.07 Å². The Morgan fingerprint density at radius 2 is 1.67 bits per heavy atom. The third-order valence-corrected chi connectivity index (χ3v) is 2.77. The molecule has 18 heavy (non-hydrogen) atoms. The third kappa shape index (κ3) is 3.43. The Labute approximate surface area is 107 Å². The van der Waals surface area contributed by atoms with Gasteiger partial charge < -0.3 is 0 Å². The highest BCUT2D eigenvalue weighted by atomic mass is 19.1. The molecule has 2 rings (SSSR count). The van der Waals surface area contributed by atoms with Gasteiger partial charge in [0.2, 0.25) is 0 Å². The van der Waals surface area contributed by atoms with Gasteiger partial charge in [0.1, 0.15) is 5.82 Å². The van der Waals surface area contributed by atoms with Crippen LogP contribution in [0.5, 0.6) is 0 Å². The molecule has 89 valence electrons. The molecule has 2 aromatic carbocycles. The molecular formula is C16H13FN. The van der Waals surface area contributed by atoms with E-state index >= 15 is 0 Å². The maximum absolute atomic E-state index is 12.7. The fourth-order valence-electron chi connectivity index (χ4n) is 1.75. The van der Waals surface area contributed by atoms with E-state index in [9.17, 15) is 4.39 Å². The average molecular weight is 238 g/mol. The molecule has 0 saturated carbocycles. The highest BCUT2D eigenvalue weighted by Crippen LogP contribution is 2.11. The second-order valence-electron chi connectivity index (χ2n) is 4.10. The molecular weight excluding hydrogens is 225 g/mol. The summed E-state index contributed by atoms with van der Waals surface area (Å²) in [7, 11) is 0. The van der Waals surface area contributed by atoms with Crippen molar-refractivity contribution in [1.29, 1.82) is 5.26 Å². The third-order valence-electron chi connectivity index (χ3n) is 2.77. The number of halogens is 1. The summed E-state index contributed by atoms with van der Waals surface area (Å²) in [6.45, 7) is 0. The van der Waals surface area contributed by atoms with Gasteiger partial charge in [-0.1, -0.05) is 24.3 Å². The van der Waals surface area contributed by atoms with Crippen molar-refractivity contribution in [2.75, 3.05) is 0 Å². The van der Waals surface area contributed by atoms with E-state index in [2.05, 4.69) is 12.5 Å². The Bertz CT molecular complexity index is 535. The fourth-order valence-corrected chi connectivity index (χ4v) is 1.75. The molecule has 0 unspecified atom stereocenters. The van der Waals surface area contributed by atoms with Gasteiger partial charge in [-0.2, -0.15) is 5.26 Å². The maximum Gasteiger partial charge on any atom is 0.123 e. The molecule has 0 aromatic heterocycles. The van der Waals surface area contributed by atoms with Gasteiger partial charge in [-0.15, -0.1) is 0 Å². The minimum absolute atomic E-state index is 0.199. The molecule has 0 aliphatic heterocycles. The highest BCUT2D eigenvalue weighted by Gasteiger charge is 1.97. The van der Waals surface area contributed by atoms with Crippen LogP contribution >= 0.6 is 0 Å². The summed E-state index contributed by atoms with van der Waals surface area (Å²) in [5.74, 6) is -0.199. The predicted molar refractivity (Wildman–Crippen MR) is 69.3 cm³/mol. The van der Waals surface area contributed by atoms with Crippen LogP contribution in [-0.2, 0) is 6.42 Å². The van der Waals surface area contributed by atoms with E-state index in [4.69, 9.17) is 5.26 Å². The molecule has 0 N–H and O–H groups in total. The van der Waals surface area contributed by atoms with Crippen LogP contribution in [0.3, 0.4) is 0 Å². The van der Waals surface area contributed by atoms with Crippen LogP contribution < -0.4 is 0 Å². The van der Waals surface area contributed by atoms with E-state index in [0.717, 1.165) is 24.0 Å². The van der Waals surface area contributed by atoms with Crippen LogP contribution in [0.4, 0.5) is 4.39 Å². The fraction of sp³-hybridized carbons (Fsp3) is 0.125. The van der Waals surface area contributed by atoms with Crippen molar-refractivity contribution in [3.05, 3.63) is 77.5 Å². The van der Waals surface area contributed by atoms with Crippen LogP contribution in [0.1, 0.15) is 23.1 Å². The van der Waals surface area contributed by atoms with E-state index in [1.54, 1.807) is 0 Å². The van der Waals surface area contributed by atoms with Gasteiger partial charge in [-0.3, -0.25) is 0 Å². The van der Waals surface area contributed by atoms with Crippen molar-refractivity contribution in [3.63, 3.8) is 0 Å². The molecule has 0 spiro atoms. The Balaban J connectivity index is 1.84. The second kappa shape index (κ2) is 5.97. The second-order valence-corrected chi connectivity index (χ2v) is 4.10. The van der Waals surface area contributed by atoms with Gasteiger partial charge in [0.15, 0.2) is 0 Å². The Morgan fingerprint density at radius 3 is 2.28 bits per heavy atom. The lowest BCUT2D eigenvalue weighted by Crippen LogP contribution is -1.88. The van der Waals surface area contributed by atoms with E-state index in [1.807, 2.05) is 36.4 Å². The van der Waals surface area contributed by atoms with E-state index in [1.165, 1.54) is 12.1 Å². The van der Waals surface area contributed by atoms with Crippen LogP contribution in [0.15, 0.2) is 48.5 Å². The van der Waals surface area contributed by atoms with Crippen molar-refractivity contribution >= 4 is 0 Å². The van der Waals surface area contributed by atoms with Crippen molar-refractivity contribution in [2.45, 2.75) is 12.8 Å². The minimum atomic E-state index is -0.199. The Kier molecular flexibility index (Phi) is 4.09. The zero-order valence-corrected chi connectivity index (χ0v) is 9.94. The first-order chi connectivity index (χ1) is 8.78. The summed E-state index contributed by atoms with van der Waals surface area (Å²) in [6.07, 6.45) is 3.91. The summed E-state index contributed by atoms with van der Waals surface area (Å²) in [4.78, 5) is 0. The molecule has 0 heterocycles. The van der Waals surface area contributed by atoms with E-state index in [0.29, 0.717) is 5.56 Å². The van der Waals surface area contributed by atoms with Crippen molar-refractivity contribution in [2.24, 2.45) is 0 Å². The normalized spacial score (nSPS) is 10.0. The molecule has 0 fully saturated rings. The standard InChI is InChI=1S/C16H13FN/c17-16-10-8-14(9-11-16)3-1-2-13-4-6-15(12-18)7-5-13/h2,4-11H,1,3H2. The first-order valence-corrected chi connectivity index (χ1v) is 5.86. The molecule has 2 heteroatoms. The number of benzene rings is 2. The van der Waals surface area contributed by atoms with E-state index < -0.39 is 0 Å². The average Bonchev–Trinajstić information content (AvgIpc) is 2.42. The molecule has 0 aliphatic rings. The van der Waals surface area contributed by atoms with E-state index in [-0.39, 0.29) is 5.82 Å². The summed E-state index contributed by atoms with van der Waals surface area (Å²) in [5, 5.41) is 8.68. The smallest absolute Gasteiger partial charge is 0.123 e. The summed E-state index contributed by atoms with van der Waals surface area (Å²) < 4.78 is 12.7. The van der Waals surface area contributed by atoms with Gasteiger partial charge in [-0.05, 0) is 54.7 Å². The molecule has 2 aromatic rings. The summed E-state index contributed by atoms with van der Waals surface area (Å²) >= 11 is 0. The van der Waals surface area contributed by atoms with Gasteiger partial charge in [0.05, 0.1) is 11.6 Å². The van der Waals surface area contributed by atoms with Crippen LogP contribution in [-0.4, -0.2) is 0 Å². The molecule has 0 saturated heterocycles. The molecule has 0 amide bonds. The first kappa shape index (κ1) is 12.3. The number of aryl methyl sites for hydroxylation is 1. The van der Waals surface area contributed by atoms with Gasteiger partial charge in [-0.25, -0.2) is 4.39 Å². The lowest BCUT2D eigenvalue weighted by Gasteiger charge is -2.02. The van der Waals surface area contributed by atoms with Crippen LogP contribution in [0, 0.1) is 23.6 Å². The number of nitriles is 1. The van der Waals surface area contributed by atoms with Gasteiger partial charge in [0.25, 0.3) is 0 Å². The largest absolute Gasteiger partial charge is 0.207 e. The van der Waals surface area contributed by atoms with Gasteiger partial charge >= 0.3 is 0 Å². The van der Waals surface area contributed by atoms with Gasteiger partial charge in [0, 0.05) is 0 Å². The lowest BCUT2D eigenvalue weighted by atomic mass is 10.0. The SMILES string of the molecule is N#Cc1ccc([CH]CCc2ccc(F)cc2)cc1. The zero-order valence-electron chi connectivity index (χ0n) is 9.94. The Hall–Kier alpha value is -2.14. The van der Waals surface area contributed by atoms with Crippen molar-refractivity contribution < 1.29 is 4.39 Å². The highest BCUT2D eigenvalue weighted by molar-refractivity contribution is 5.34. The minimum Gasteiger partial charge on any atom is -0.207 e. The zero-order chi connectivity index (χ0) is 12.8. The van der Waals surface area contributed by atoms with Crippen molar-refractivity contribution in [1.82, 2.24) is 0 Å².